The fraction of sp³-hybridized carbons (Fsp3) is 0.667. The highest BCUT2D eigenvalue weighted by Crippen LogP contribution is 2.23. The van der Waals surface area contributed by atoms with Crippen LogP contribution in [0.1, 0.15) is 19.3 Å². The van der Waals surface area contributed by atoms with Gasteiger partial charge in [-0.25, -0.2) is 0 Å². The van der Waals surface area contributed by atoms with Gasteiger partial charge in [0.2, 0.25) is 0 Å². The van der Waals surface area contributed by atoms with Gasteiger partial charge in [-0.3, -0.25) is 4.79 Å². The molecule has 0 aromatic carbocycles. The first-order valence-corrected chi connectivity index (χ1v) is 4.15. The van der Waals surface area contributed by atoms with E-state index in [9.17, 15) is 4.79 Å². The van der Waals surface area contributed by atoms with Crippen LogP contribution in [0, 0.1) is 5.92 Å². The second-order valence-electron chi connectivity index (χ2n) is 2.89. The van der Waals surface area contributed by atoms with E-state index in [4.69, 9.17) is 4.74 Å². The Balaban J connectivity index is 2.59. The quantitative estimate of drug-likeness (QED) is 0.559. The minimum atomic E-state index is -0.252. The molecule has 0 aromatic rings. The summed E-state index contributed by atoms with van der Waals surface area (Å²) in [5.74, 6) is 0.0683. The van der Waals surface area contributed by atoms with Gasteiger partial charge in [0.05, 0.1) is 13.7 Å². The molecule has 0 radical (unpaired) electrons. The third-order valence-electron chi connectivity index (χ3n) is 2.05. The normalized spacial score (nSPS) is 24.1. The number of hydrogen-bond donors (Lipinski definition) is 0. The summed E-state index contributed by atoms with van der Waals surface area (Å²) in [5, 5.41) is 0. The lowest BCUT2D eigenvalue weighted by Crippen LogP contribution is -2.17. The molecule has 3 nitrogen and oxygen atoms in total. The van der Waals surface area contributed by atoms with Crippen LogP contribution in [0.2, 0.25) is 0 Å². The van der Waals surface area contributed by atoms with Gasteiger partial charge in [0.15, 0.2) is 0 Å². The molecule has 1 unspecified atom stereocenters. The summed E-state index contributed by atoms with van der Waals surface area (Å²) in [7, 11) is 1.39. The molecule has 0 aliphatic carbocycles. The fourth-order valence-corrected chi connectivity index (χ4v) is 1.31. The van der Waals surface area contributed by atoms with Gasteiger partial charge in [0, 0.05) is 0 Å². The Morgan fingerprint density at radius 3 is 3.08 bits per heavy atom. The molecule has 1 heterocycles. The van der Waals surface area contributed by atoms with E-state index in [0.29, 0.717) is 12.4 Å². The van der Waals surface area contributed by atoms with E-state index in [2.05, 4.69) is 11.3 Å². The standard InChI is InChI=1S/C9H14O3/c1-7-8(9(10)11-2)5-3-4-6-12-7/h8H,1,3-6H2,2H3. The van der Waals surface area contributed by atoms with Crippen LogP contribution in [-0.2, 0) is 14.3 Å². The van der Waals surface area contributed by atoms with Crippen LogP contribution in [0.15, 0.2) is 12.3 Å². The highest BCUT2D eigenvalue weighted by Gasteiger charge is 2.25. The zero-order valence-corrected chi connectivity index (χ0v) is 7.34. The van der Waals surface area contributed by atoms with Crippen LogP contribution in [0.25, 0.3) is 0 Å². The van der Waals surface area contributed by atoms with E-state index in [1.165, 1.54) is 7.11 Å². The molecule has 1 rings (SSSR count). The molecule has 1 aliphatic rings. The Kier molecular flexibility index (Phi) is 3.14. The van der Waals surface area contributed by atoms with Crippen molar-refractivity contribution in [1.82, 2.24) is 0 Å². The van der Waals surface area contributed by atoms with Gasteiger partial charge in [-0.1, -0.05) is 6.58 Å². The van der Waals surface area contributed by atoms with Gasteiger partial charge >= 0.3 is 5.97 Å². The predicted octanol–water partition coefficient (Wildman–Crippen LogP) is 1.49. The lowest BCUT2D eigenvalue weighted by atomic mass is 10.0. The second-order valence-corrected chi connectivity index (χ2v) is 2.89. The van der Waals surface area contributed by atoms with Crippen LogP contribution in [0.5, 0.6) is 0 Å². The van der Waals surface area contributed by atoms with Crippen LogP contribution in [0.3, 0.4) is 0 Å². The fourth-order valence-electron chi connectivity index (χ4n) is 1.31. The molecule has 68 valence electrons. The number of ether oxygens (including phenoxy) is 2. The summed E-state index contributed by atoms with van der Waals surface area (Å²) < 4.78 is 9.88. The van der Waals surface area contributed by atoms with Crippen LogP contribution in [-0.4, -0.2) is 19.7 Å². The average Bonchev–Trinajstić information content (AvgIpc) is 2.28. The Hall–Kier alpha value is -0.990. The van der Waals surface area contributed by atoms with E-state index in [-0.39, 0.29) is 11.9 Å². The van der Waals surface area contributed by atoms with Crippen molar-refractivity contribution < 1.29 is 14.3 Å². The summed E-state index contributed by atoms with van der Waals surface area (Å²) in [6.45, 7) is 4.37. The minimum absolute atomic E-state index is 0.234. The topological polar surface area (TPSA) is 35.5 Å². The number of rotatable bonds is 1. The van der Waals surface area contributed by atoms with Crippen LogP contribution < -0.4 is 0 Å². The van der Waals surface area contributed by atoms with Crippen molar-refractivity contribution in [2.45, 2.75) is 19.3 Å². The molecule has 0 aromatic heterocycles. The van der Waals surface area contributed by atoms with Crippen molar-refractivity contribution in [2.24, 2.45) is 5.92 Å². The molecule has 0 amide bonds. The summed E-state index contributed by atoms with van der Waals surface area (Å²) in [6, 6.07) is 0. The molecule has 1 aliphatic heterocycles. The summed E-state index contributed by atoms with van der Waals surface area (Å²) >= 11 is 0. The van der Waals surface area contributed by atoms with Gasteiger partial charge in [-0.2, -0.15) is 0 Å². The monoisotopic (exact) mass is 170 g/mol. The number of hydrogen-bond acceptors (Lipinski definition) is 3. The first-order valence-electron chi connectivity index (χ1n) is 4.15. The summed E-state index contributed by atoms with van der Waals surface area (Å²) in [4.78, 5) is 11.2. The van der Waals surface area contributed by atoms with Crippen molar-refractivity contribution in [3.63, 3.8) is 0 Å². The largest absolute Gasteiger partial charge is 0.498 e. The summed E-state index contributed by atoms with van der Waals surface area (Å²) in [5.41, 5.74) is 0. The third kappa shape index (κ3) is 2.00. The molecule has 0 spiro atoms. The Labute approximate surface area is 72.4 Å². The number of carbonyl (C=O) groups excluding carboxylic acids is 1. The van der Waals surface area contributed by atoms with Gasteiger partial charge in [-0.05, 0) is 19.3 Å². The highest BCUT2D eigenvalue weighted by atomic mass is 16.5. The van der Waals surface area contributed by atoms with Gasteiger partial charge in [-0.15, -0.1) is 0 Å². The highest BCUT2D eigenvalue weighted by molar-refractivity contribution is 5.74. The maximum atomic E-state index is 11.2. The number of carbonyl (C=O) groups is 1. The Morgan fingerprint density at radius 2 is 2.42 bits per heavy atom. The number of esters is 1. The lowest BCUT2D eigenvalue weighted by Gasteiger charge is -2.13. The second kappa shape index (κ2) is 4.14. The minimum Gasteiger partial charge on any atom is -0.498 e. The first-order chi connectivity index (χ1) is 5.75. The average molecular weight is 170 g/mol. The van der Waals surface area contributed by atoms with E-state index >= 15 is 0 Å². The van der Waals surface area contributed by atoms with Crippen molar-refractivity contribution in [1.29, 1.82) is 0 Å². The number of methoxy groups -OCH3 is 1. The molecular weight excluding hydrogens is 156 g/mol. The Morgan fingerprint density at radius 1 is 1.67 bits per heavy atom. The first kappa shape index (κ1) is 9.10. The maximum Gasteiger partial charge on any atom is 0.316 e. The van der Waals surface area contributed by atoms with Crippen LogP contribution in [0.4, 0.5) is 0 Å². The van der Waals surface area contributed by atoms with Crippen molar-refractivity contribution in [3.05, 3.63) is 12.3 Å². The zero-order valence-electron chi connectivity index (χ0n) is 7.34. The molecule has 12 heavy (non-hydrogen) atoms. The smallest absolute Gasteiger partial charge is 0.316 e. The SMILES string of the molecule is C=C1OCCCCC1C(=O)OC. The lowest BCUT2D eigenvalue weighted by molar-refractivity contribution is -0.145. The molecule has 1 atom stereocenters. The summed E-state index contributed by atoms with van der Waals surface area (Å²) in [6.07, 6.45) is 2.79. The molecule has 0 N–H and O–H groups in total. The molecular formula is C9H14O3. The zero-order chi connectivity index (χ0) is 8.97. The van der Waals surface area contributed by atoms with E-state index in [1.807, 2.05) is 0 Å². The maximum absolute atomic E-state index is 11.2. The molecule has 3 heteroatoms. The van der Waals surface area contributed by atoms with Gasteiger partial charge in [0.1, 0.15) is 11.7 Å². The predicted molar refractivity (Wildman–Crippen MR) is 44.4 cm³/mol. The van der Waals surface area contributed by atoms with Crippen molar-refractivity contribution >= 4 is 5.97 Å². The Bertz CT molecular complexity index is 186. The molecule has 0 saturated carbocycles. The molecule has 1 fully saturated rings. The van der Waals surface area contributed by atoms with Crippen molar-refractivity contribution in [3.8, 4) is 0 Å². The van der Waals surface area contributed by atoms with E-state index in [1.54, 1.807) is 0 Å². The van der Waals surface area contributed by atoms with Crippen LogP contribution >= 0.6 is 0 Å². The third-order valence-corrected chi connectivity index (χ3v) is 2.05. The molecule has 0 bridgehead atoms. The van der Waals surface area contributed by atoms with E-state index in [0.717, 1.165) is 19.3 Å². The van der Waals surface area contributed by atoms with E-state index < -0.39 is 0 Å². The van der Waals surface area contributed by atoms with Gasteiger partial charge < -0.3 is 9.47 Å². The van der Waals surface area contributed by atoms with Crippen molar-refractivity contribution in [2.75, 3.05) is 13.7 Å². The van der Waals surface area contributed by atoms with Gasteiger partial charge in [0.25, 0.3) is 0 Å². The molecule has 1 saturated heterocycles.